The normalized spacial score (nSPS) is 15.1. The fraction of sp³-hybridized carbons (Fsp3) is 0.0400. The summed E-state index contributed by atoms with van der Waals surface area (Å²) >= 11 is 0. The van der Waals surface area contributed by atoms with Crippen LogP contribution in [-0.2, 0) is 10.1 Å². The molecule has 0 unspecified atom stereocenters. The number of hydrogen-bond donors (Lipinski definition) is 2. The first-order valence-corrected chi connectivity index (χ1v) is 12.6. The lowest BCUT2D eigenvalue weighted by molar-refractivity contribution is -0.0856. The summed E-state index contributed by atoms with van der Waals surface area (Å²) in [7, 11) is -4.34. The number of para-hydroxylation sites is 2. The number of nitrogens with zero attached hydrogens (tertiary/aromatic N) is 6. The van der Waals surface area contributed by atoms with Gasteiger partial charge < -0.3 is 0 Å². The molecule has 0 amide bonds. The summed E-state index contributed by atoms with van der Waals surface area (Å²) in [5.74, 6) is -1.52. The van der Waals surface area contributed by atoms with E-state index in [9.17, 15) is 31.6 Å². The molecule has 0 saturated carbocycles. The van der Waals surface area contributed by atoms with Gasteiger partial charge in [0.15, 0.2) is 11.5 Å². The third-order valence-electron chi connectivity index (χ3n) is 5.65. The summed E-state index contributed by atoms with van der Waals surface area (Å²) in [6.07, 6.45) is -5.07. The van der Waals surface area contributed by atoms with Crippen LogP contribution in [0, 0.1) is 11.3 Å². The van der Waals surface area contributed by atoms with Gasteiger partial charge in [-0.15, -0.1) is 0 Å². The van der Waals surface area contributed by atoms with Gasteiger partial charge in [-0.05, 0) is 60.7 Å². The summed E-state index contributed by atoms with van der Waals surface area (Å²) in [6, 6.07) is 18.5. The molecule has 200 valence electrons. The van der Waals surface area contributed by atoms with Crippen LogP contribution in [0.3, 0.4) is 0 Å². The first-order valence-electron chi connectivity index (χ1n) is 11.1. The molecule has 2 N–H and O–H groups in total. The smallest absolute Gasteiger partial charge is 0.282 e. The van der Waals surface area contributed by atoms with Gasteiger partial charge in [-0.1, -0.05) is 12.1 Å². The van der Waals surface area contributed by atoms with Crippen molar-refractivity contribution in [2.75, 3.05) is 5.43 Å². The predicted octanol–water partition coefficient (Wildman–Crippen LogP) is 5.66. The van der Waals surface area contributed by atoms with Crippen molar-refractivity contribution in [3.8, 4) is 6.07 Å². The van der Waals surface area contributed by atoms with Crippen molar-refractivity contribution in [3.63, 3.8) is 0 Å². The van der Waals surface area contributed by atoms with Crippen LogP contribution < -0.4 is 5.43 Å². The van der Waals surface area contributed by atoms with Gasteiger partial charge >= 0.3 is 6.18 Å². The third kappa shape index (κ3) is 4.96. The fourth-order valence-corrected chi connectivity index (χ4v) is 4.33. The second-order valence-corrected chi connectivity index (χ2v) is 9.63. The van der Waals surface area contributed by atoms with E-state index in [0.717, 1.165) is 16.7 Å². The number of hydrazone groups is 1. The maximum atomic E-state index is 14.1. The van der Waals surface area contributed by atoms with Crippen LogP contribution in [0.25, 0.3) is 16.6 Å². The summed E-state index contributed by atoms with van der Waals surface area (Å²) in [5, 5.41) is 21.2. The molecule has 4 aromatic rings. The summed E-state index contributed by atoms with van der Waals surface area (Å²) < 4.78 is 74.4. The summed E-state index contributed by atoms with van der Waals surface area (Å²) in [4.78, 5) is 17.0. The number of carbonyl (C=O) groups excluding carboxylic acids is 1. The largest absolute Gasteiger partial charge is 0.420 e. The highest BCUT2D eigenvalue weighted by atomic mass is 32.2. The van der Waals surface area contributed by atoms with Gasteiger partial charge in [-0.2, -0.15) is 42.2 Å². The highest BCUT2D eigenvalue weighted by molar-refractivity contribution is 7.85. The number of benzene rings is 3. The SMILES string of the molecule is N#CC1=C(C(F)(F)F)/C(=N\Nc2ccc(N=Nc3ccc(S(=O)(=O)O)cc3)cc2)C(=O)n2c1nc1ccccc12. The number of nitrogens with one attached hydrogen (secondary N) is 1. The quantitative estimate of drug-likeness (QED) is 0.179. The Labute approximate surface area is 223 Å². The van der Waals surface area contributed by atoms with Crippen LogP contribution in [0.5, 0.6) is 0 Å². The van der Waals surface area contributed by atoms with Crippen molar-refractivity contribution in [1.29, 1.82) is 5.26 Å². The minimum absolute atomic E-state index is 0.207. The number of allylic oxidation sites excluding steroid dienone is 2. The standard InChI is InChI=1S/C25H14F3N7O4S/c26-25(27,28)21-18(13-29)23-30-19-3-1-2-4-20(19)35(23)24(36)22(21)34-33-15-7-5-14(6-8-15)31-32-16-9-11-17(12-10-16)40(37,38)39/h1-12,33H,(H,37,38,39)/b32-31?,34-22+. The first kappa shape index (κ1) is 26.4. The Hall–Kier alpha value is -5.20. The van der Waals surface area contributed by atoms with Crippen molar-refractivity contribution in [3.05, 3.63) is 84.2 Å². The average molecular weight is 565 g/mol. The molecule has 0 spiro atoms. The summed E-state index contributed by atoms with van der Waals surface area (Å²) in [5.41, 5.74) is 0.398. The molecule has 0 saturated heterocycles. The van der Waals surface area contributed by atoms with Crippen molar-refractivity contribution < 1.29 is 30.9 Å². The second-order valence-electron chi connectivity index (χ2n) is 8.21. The lowest BCUT2D eigenvalue weighted by Crippen LogP contribution is -2.36. The van der Waals surface area contributed by atoms with Gasteiger partial charge in [0.1, 0.15) is 17.2 Å². The number of aromatic nitrogens is 2. The lowest BCUT2D eigenvalue weighted by atomic mass is 9.98. The van der Waals surface area contributed by atoms with Crippen molar-refractivity contribution in [2.24, 2.45) is 15.3 Å². The molecular weight excluding hydrogens is 551 g/mol. The molecule has 40 heavy (non-hydrogen) atoms. The van der Waals surface area contributed by atoms with Crippen LogP contribution in [-0.4, -0.2) is 40.3 Å². The van der Waals surface area contributed by atoms with Crippen LogP contribution >= 0.6 is 0 Å². The molecule has 0 radical (unpaired) electrons. The zero-order chi connectivity index (χ0) is 28.7. The monoisotopic (exact) mass is 565 g/mol. The molecule has 0 fully saturated rings. The topological polar surface area (TPSA) is 162 Å². The fourth-order valence-electron chi connectivity index (χ4n) is 3.85. The number of azo groups is 1. The number of alkyl halides is 3. The minimum Gasteiger partial charge on any atom is -0.282 e. The van der Waals surface area contributed by atoms with Gasteiger partial charge in [-0.25, -0.2) is 4.98 Å². The Morgan fingerprint density at radius 1 is 0.950 bits per heavy atom. The molecule has 5 rings (SSSR count). The van der Waals surface area contributed by atoms with E-state index in [1.54, 1.807) is 12.1 Å². The molecule has 1 aromatic heterocycles. The van der Waals surface area contributed by atoms with Gasteiger partial charge in [0.2, 0.25) is 0 Å². The number of fused-ring (bicyclic) bond motifs is 3. The van der Waals surface area contributed by atoms with E-state index in [4.69, 9.17) is 4.55 Å². The van der Waals surface area contributed by atoms with Crippen molar-refractivity contribution in [2.45, 2.75) is 11.1 Å². The Balaban J connectivity index is 1.43. The number of carbonyl (C=O) groups is 1. The van der Waals surface area contributed by atoms with Crippen LogP contribution in [0.15, 0.2) is 98.6 Å². The van der Waals surface area contributed by atoms with E-state index in [2.05, 4.69) is 25.7 Å². The lowest BCUT2D eigenvalue weighted by Gasteiger charge is -2.21. The number of hydrogen-bond acceptors (Lipinski definition) is 9. The Bertz CT molecular complexity index is 1900. The van der Waals surface area contributed by atoms with E-state index in [0.29, 0.717) is 11.4 Å². The molecule has 0 aliphatic carbocycles. The van der Waals surface area contributed by atoms with Crippen LogP contribution in [0.2, 0.25) is 0 Å². The van der Waals surface area contributed by atoms with E-state index in [1.165, 1.54) is 54.6 Å². The van der Waals surface area contributed by atoms with Crippen molar-refractivity contribution in [1.82, 2.24) is 9.55 Å². The number of imidazole rings is 1. The van der Waals surface area contributed by atoms with E-state index in [1.807, 2.05) is 0 Å². The summed E-state index contributed by atoms with van der Waals surface area (Å²) in [6.45, 7) is 0. The molecule has 0 atom stereocenters. The van der Waals surface area contributed by atoms with Gasteiger partial charge in [0, 0.05) is 0 Å². The number of anilines is 1. The zero-order valence-electron chi connectivity index (χ0n) is 19.8. The number of halogens is 3. The second kappa shape index (κ2) is 9.84. The molecule has 3 aromatic carbocycles. The van der Waals surface area contributed by atoms with Gasteiger partial charge in [0.25, 0.3) is 16.0 Å². The predicted molar refractivity (Wildman–Crippen MR) is 137 cm³/mol. The van der Waals surface area contributed by atoms with Crippen LogP contribution in [0.4, 0.5) is 30.2 Å². The molecule has 15 heteroatoms. The Morgan fingerprint density at radius 2 is 1.55 bits per heavy atom. The highest BCUT2D eigenvalue weighted by Gasteiger charge is 2.47. The maximum absolute atomic E-state index is 14.1. The molecule has 1 aliphatic rings. The van der Waals surface area contributed by atoms with Crippen LogP contribution in [0.1, 0.15) is 10.6 Å². The zero-order valence-corrected chi connectivity index (χ0v) is 20.6. The Morgan fingerprint density at radius 3 is 2.12 bits per heavy atom. The van der Waals surface area contributed by atoms with Crippen molar-refractivity contribution >= 4 is 55.4 Å². The molecule has 1 aliphatic heterocycles. The molecule has 11 nitrogen and oxygen atoms in total. The molecular formula is C25H14F3N7O4S. The minimum atomic E-state index is -5.07. The average Bonchev–Trinajstić information content (AvgIpc) is 3.31. The highest BCUT2D eigenvalue weighted by Crippen LogP contribution is 2.38. The maximum Gasteiger partial charge on any atom is 0.420 e. The molecule has 2 heterocycles. The number of nitriles is 1. The van der Waals surface area contributed by atoms with Gasteiger partial charge in [-0.3, -0.25) is 19.3 Å². The third-order valence-corrected chi connectivity index (χ3v) is 6.52. The first-order chi connectivity index (χ1) is 19.0. The van der Waals surface area contributed by atoms with E-state index in [-0.39, 0.29) is 21.6 Å². The Kier molecular flexibility index (Phi) is 6.49. The van der Waals surface area contributed by atoms with E-state index >= 15 is 0 Å². The molecule has 0 bridgehead atoms. The number of rotatable bonds is 5. The van der Waals surface area contributed by atoms with Gasteiger partial charge in [0.05, 0.1) is 33.0 Å². The van der Waals surface area contributed by atoms with E-state index < -0.39 is 44.9 Å².